The van der Waals surface area contributed by atoms with Crippen LogP contribution in [0.5, 0.6) is 0 Å². The number of rotatable bonds is 1. The quantitative estimate of drug-likeness (QED) is 0.795. The molecule has 0 aromatic heterocycles. The lowest BCUT2D eigenvalue weighted by molar-refractivity contribution is 0.0637. The molecule has 122 valence electrons. The molecule has 22 heavy (non-hydrogen) atoms. The van der Waals surface area contributed by atoms with Gasteiger partial charge in [-0.2, -0.15) is 0 Å². The van der Waals surface area contributed by atoms with Crippen molar-refractivity contribution in [2.75, 3.05) is 33.2 Å². The molecule has 0 aliphatic carbocycles. The van der Waals surface area contributed by atoms with Crippen LogP contribution in [0, 0.1) is 24.6 Å². The van der Waals surface area contributed by atoms with Crippen LogP contribution in [-0.2, 0) is 0 Å². The molecule has 4 heteroatoms. The van der Waals surface area contributed by atoms with Crippen molar-refractivity contribution in [3.8, 4) is 0 Å². The molecule has 2 aliphatic heterocycles. The Bertz CT molecular complexity index is 532. The van der Waals surface area contributed by atoms with Crippen molar-refractivity contribution in [1.82, 2.24) is 9.80 Å². The Kier molecular flexibility index (Phi) is 5.57. The highest BCUT2D eigenvalue weighted by atomic mass is 19.1. The largest absolute Gasteiger partial charge is 0.338 e. The number of carbonyl (C=O) groups excluding carboxylic acids is 1. The van der Waals surface area contributed by atoms with Gasteiger partial charge in [-0.15, -0.1) is 0 Å². The van der Waals surface area contributed by atoms with Crippen LogP contribution in [0.2, 0.25) is 0 Å². The van der Waals surface area contributed by atoms with Crippen LogP contribution < -0.4 is 0 Å². The zero-order valence-corrected chi connectivity index (χ0v) is 14.1. The van der Waals surface area contributed by atoms with E-state index in [4.69, 9.17) is 0 Å². The molecule has 1 aromatic carbocycles. The van der Waals surface area contributed by atoms with E-state index in [1.807, 2.05) is 25.7 Å². The molecule has 2 heterocycles. The maximum atomic E-state index is 13.8. The maximum Gasteiger partial charge on any atom is 0.256 e. The minimum Gasteiger partial charge on any atom is -0.338 e. The van der Waals surface area contributed by atoms with Gasteiger partial charge in [-0.25, -0.2) is 4.39 Å². The number of carbonyl (C=O) groups is 1. The molecule has 0 N–H and O–H groups in total. The van der Waals surface area contributed by atoms with Gasteiger partial charge in [0.2, 0.25) is 0 Å². The molecule has 0 spiro atoms. The molecule has 2 atom stereocenters. The van der Waals surface area contributed by atoms with E-state index in [9.17, 15) is 9.18 Å². The Morgan fingerprint density at radius 3 is 2.59 bits per heavy atom. The van der Waals surface area contributed by atoms with Gasteiger partial charge in [-0.05, 0) is 44.4 Å². The van der Waals surface area contributed by atoms with Crippen LogP contribution in [0.15, 0.2) is 18.2 Å². The van der Waals surface area contributed by atoms with Crippen molar-refractivity contribution in [3.63, 3.8) is 0 Å². The van der Waals surface area contributed by atoms with E-state index in [2.05, 4.69) is 11.9 Å². The normalized spacial score (nSPS) is 24.5. The SMILES string of the molecule is CC.Cc1ccc(F)c(C(=O)N2CCC3CN(C)CC3C2)c1. The molecule has 1 aromatic rings. The first-order valence-corrected chi connectivity index (χ1v) is 8.28. The summed E-state index contributed by atoms with van der Waals surface area (Å²) in [4.78, 5) is 16.7. The second-order valence-corrected chi connectivity index (χ2v) is 6.26. The smallest absolute Gasteiger partial charge is 0.256 e. The van der Waals surface area contributed by atoms with Crippen molar-refractivity contribution in [3.05, 3.63) is 35.1 Å². The molecular weight excluding hydrogens is 279 g/mol. The predicted octanol–water partition coefficient (Wildman–Crippen LogP) is 3.18. The highest BCUT2D eigenvalue weighted by Crippen LogP contribution is 2.31. The van der Waals surface area contributed by atoms with Crippen LogP contribution in [0.4, 0.5) is 4.39 Å². The molecule has 3 nitrogen and oxygen atoms in total. The molecule has 1 amide bonds. The number of piperidine rings is 1. The van der Waals surface area contributed by atoms with Gasteiger partial charge in [0.05, 0.1) is 5.56 Å². The maximum absolute atomic E-state index is 13.8. The van der Waals surface area contributed by atoms with E-state index >= 15 is 0 Å². The summed E-state index contributed by atoms with van der Waals surface area (Å²) in [5.74, 6) is 0.683. The number of fused-ring (bicyclic) bond motifs is 1. The fourth-order valence-electron chi connectivity index (χ4n) is 3.56. The highest BCUT2D eigenvalue weighted by molar-refractivity contribution is 5.94. The summed E-state index contributed by atoms with van der Waals surface area (Å²) in [5.41, 5.74) is 1.14. The van der Waals surface area contributed by atoms with Crippen molar-refractivity contribution >= 4 is 5.91 Å². The van der Waals surface area contributed by atoms with Crippen LogP contribution in [-0.4, -0.2) is 48.9 Å². The summed E-state index contributed by atoms with van der Waals surface area (Å²) < 4.78 is 13.8. The summed E-state index contributed by atoms with van der Waals surface area (Å²) >= 11 is 0. The van der Waals surface area contributed by atoms with Crippen molar-refractivity contribution in [2.24, 2.45) is 11.8 Å². The predicted molar refractivity (Wildman–Crippen MR) is 87.5 cm³/mol. The van der Waals surface area contributed by atoms with E-state index in [1.54, 1.807) is 12.1 Å². The zero-order valence-electron chi connectivity index (χ0n) is 14.1. The minimum atomic E-state index is -0.411. The first-order valence-electron chi connectivity index (χ1n) is 8.28. The van der Waals surface area contributed by atoms with Crippen LogP contribution in [0.3, 0.4) is 0 Å². The van der Waals surface area contributed by atoms with Crippen molar-refractivity contribution in [1.29, 1.82) is 0 Å². The third-order valence-electron chi connectivity index (χ3n) is 4.62. The molecule has 0 saturated carbocycles. The molecule has 2 unspecified atom stereocenters. The average molecular weight is 306 g/mol. The van der Waals surface area contributed by atoms with Crippen molar-refractivity contribution < 1.29 is 9.18 Å². The molecule has 3 rings (SSSR count). The molecule has 0 bridgehead atoms. The number of likely N-dealkylation sites (tertiary alicyclic amines) is 2. The number of amides is 1. The average Bonchev–Trinajstić information content (AvgIpc) is 2.90. The summed E-state index contributed by atoms with van der Waals surface area (Å²) in [6.45, 7) is 9.58. The minimum absolute atomic E-state index is 0.154. The van der Waals surface area contributed by atoms with Crippen LogP contribution in [0.25, 0.3) is 0 Å². The number of nitrogens with zero attached hydrogens (tertiary/aromatic N) is 2. The topological polar surface area (TPSA) is 23.6 Å². The van der Waals surface area contributed by atoms with Gasteiger partial charge in [-0.1, -0.05) is 25.5 Å². The molecule has 2 fully saturated rings. The second kappa shape index (κ2) is 7.23. The summed E-state index contributed by atoms with van der Waals surface area (Å²) in [7, 11) is 2.13. The molecule has 0 radical (unpaired) electrons. The second-order valence-electron chi connectivity index (χ2n) is 6.26. The van der Waals surface area contributed by atoms with Gasteiger partial charge in [-0.3, -0.25) is 4.79 Å². The van der Waals surface area contributed by atoms with Gasteiger partial charge in [0.1, 0.15) is 5.82 Å². The fourth-order valence-corrected chi connectivity index (χ4v) is 3.56. The van der Waals surface area contributed by atoms with E-state index in [-0.39, 0.29) is 11.5 Å². The molecule has 2 saturated heterocycles. The summed E-state index contributed by atoms with van der Waals surface area (Å²) in [5, 5.41) is 0. The third-order valence-corrected chi connectivity index (χ3v) is 4.62. The number of hydrogen-bond donors (Lipinski definition) is 0. The number of hydrogen-bond acceptors (Lipinski definition) is 2. The third kappa shape index (κ3) is 3.49. The van der Waals surface area contributed by atoms with Gasteiger partial charge in [0.25, 0.3) is 5.91 Å². The van der Waals surface area contributed by atoms with Gasteiger partial charge in [0, 0.05) is 26.2 Å². The van der Waals surface area contributed by atoms with E-state index < -0.39 is 5.82 Å². The summed E-state index contributed by atoms with van der Waals surface area (Å²) in [6.07, 6.45) is 1.04. The molecule has 2 aliphatic rings. The Morgan fingerprint density at radius 1 is 1.18 bits per heavy atom. The molecular formula is C18H27FN2O. The lowest BCUT2D eigenvalue weighted by atomic mass is 9.88. The van der Waals surface area contributed by atoms with Crippen LogP contribution >= 0.6 is 0 Å². The van der Waals surface area contributed by atoms with Gasteiger partial charge >= 0.3 is 0 Å². The number of benzene rings is 1. The first kappa shape index (κ1) is 16.9. The van der Waals surface area contributed by atoms with E-state index in [0.29, 0.717) is 11.8 Å². The van der Waals surface area contributed by atoms with E-state index in [1.165, 1.54) is 6.07 Å². The number of halogens is 1. The Hall–Kier alpha value is -1.42. The van der Waals surface area contributed by atoms with Crippen molar-refractivity contribution in [2.45, 2.75) is 27.2 Å². The Labute approximate surface area is 133 Å². The summed E-state index contributed by atoms with van der Waals surface area (Å²) in [6, 6.07) is 4.74. The fraction of sp³-hybridized carbons (Fsp3) is 0.611. The first-order chi connectivity index (χ1) is 10.5. The Balaban J connectivity index is 0.000000847. The lowest BCUT2D eigenvalue weighted by Gasteiger charge is -2.34. The van der Waals surface area contributed by atoms with Crippen LogP contribution in [0.1, 0.15) is 36.2 Å². The van der Waals surface area contributed by atoms with E-state index in [0.717, 1.165) is 38.2 Å². The van der Waals surface area contributed by atoms with Gasteiger partial charge < -0.3 is 9.80 Å². The number of aryl methyl sites for hydroxylation is 1. The standard InChI is InChI=1S/C16H21FN2O.C2H6/c1-11-3-4-15(17)14(7-11)16(20)19-6-5-12-8-18(2)9-13(12)10-19;1-2/h3-4,7,12-13H,5-6,8-10H2,1-2H3;1-2H3. The zero-order chi connectivity index (χ0) is 16.3. The Morgan fingerprint density at radius 2 is 1.86 bits per heavy atom. The van der Waals surface area contributed by atoms with Gasteiger partial charge in [0.15, 0.2) is 0 Å². The highest BCUT2D eigenvalue weighted by Gasteiger charge is 2.37. The lowest BCUT2D eigenvalue weighted by Crippen LogP contribution is -2.43. The monoisotopic (exact) mass is 306 g/mol.